The van der Waals surface area contributed by atoms with Gasteiger partial charge in [-0.2, -0.15) is 13.2 Å². The van der Waals surface area contributed by atoms with Gasteiger partial charge in [-0.1, -0.05) is 41.9 Å². The molecule has 0 amide bonds. The number of nitrogens with zero attached hydrogens (tertiary/aromatic N) is 2. The number of halogens is 4. The summed E-state index contributed by atoms with van der Waals surface area (Å²) in [5, 5.41) is 12.1. The molecule has 0 atom stereocenters. The van der Waals surface area contributed by atoms with Crippen molar-refractivity contribution >= 4 is 17.6 Å². The third-order valence-electron chi connectivity index (χ3n) is 4.14. The van der Waals surface area contributed by atoms with Crippen molar-refractivity contribution in [2.75, 3.05) is 0 Å². The molecule has 2 aromatic heterocycles. The molecule has 8 heteroatoms. The Kier molecular flexibility index (Phi) is 4.97. The molecule has 0 radical (unpaired) electrons. The van der Waals surface area contributed by atoms with Gasteiger partial charge in [0.25, 0.3) is 0 Å². The lowest BCUT2D eigenvalue weighted by Crippen LogP contribution is -2.28. The standard InChI is InChI=1S/C19H14ClF3N2O2/c1-11-15(14-8-7-13(20)9-24-14)16(18(26)27)25(17(11)19(21,22)23)10-12-5-3-2-4-6-12/h2-9H,10H2,1H3,(H,26,27)/p-1. The van der Waals surface area contributed by atoms with E-state index in [0.717, 1.165) is 4.57 Å². The summed E-state index contributed by atoms with van der Waals surface area (Å²) in [6, 6.07) is 11.1. The number of carbonyl (C=O) groups is 1. The van der Waals surface area contributed by atoms with E-state index in [1.807, 2.05) is 0 Å². The van der Waals surface area contributed by atoms with Crippen molar-refractivity contribution in [1.82, 2.24) is 9.55 Å². The minimum atomic E-state index is -4.76. The van der Waals surface area contributed by atoms with Gasteiger partial charge in [-0.15, -0.1) is 0 Å². The van der Waals surface area contributed by atoms with Gasteiger partial charge in [0, 0.05) is 18.3 Å². The second-order valence-electron chi connectivity index (χ2n) is 5.92. The normalized spacial score (nSPS) is 11.6. The average Bonchev–Trinajstić information content (AvgIpc) is 2.89. The van der Waals surface area contributed by atoms with Crippen LogP contribution in [0, 0.1) is 6.92 Å². The summed E-state index contributed by atoms with van der Waals surface area (Å²) in [7, 11) is 0. The van der Waals surface area contributed by atoms with Crippen LogP contribution in [0.15, 0.2) is 48.7 Å². The maximum atomic E-state index is 13.8. The van der Waals surface area contributed by atoms with Crippen LogP contribution in [0.1, 0.15) is 27.3 Å². The highest BCUT2D eigenvalue weighted by atomic mass is 35.5. The molecule has 0 aliphatic rings. The second-order valence-corrected chi connectivity index (χ2v) is 6.35. The Hall–Kier alpha value is -2.80. The van der Waals surface area contributed by atoms with E-state index in [2.05, 4.69) is 4.98 Å². The van der Waals surface area contributed by atoms with Crippen LogP contribution in [0.2, 0.25) is 5.02 Å². The first-order valence-electron chi connectivity index (χ1n) is 7.87. The molecule has 0 bridgehead atoms. The number of carbonyl (C=O) groups excluding carboxylic acids is 1. The van der Waals surface area contributed by atoms with E-state index in [4.69, 9.17) is 11.6 Å². The molecular formula is C19H13ClF3N2O2-. The Bertz CT molecular complexity index is 981. The van der Waals surface area contributed by atoms with Gasteiger partial charge in [-0.05, 0) is 30.2 Å². The molecular weight excluding hydrogens is 381 g/mol. The van der Waals surface area contributed by atoms with Crippen LogP contribution in [0.3, 0.4) is 0 Å². The fourth-order valence-electron chi connectivity index (χ4n) is 3.08. The molecule has 0 saturated heterocycles. The number of benzene rings is 1. The van der Waals surface area contributed by atoms with Gasteiger partial charge in [0.15, 0.2) is 0 Å². The number of aromatic nitrogens is 2. The van der Waals surface area contributed by atoms with Gasteiger partial charge in [-0.25, -0.2) is 0 Å². The highest BCUT2D eigenvalue weighted by Gasteiger charge is 2.40. The maximum absolute atomic E-state index is 13.8. The molecule has 27 heavy (non-hydrogen) atoms. The zero-order valence-corrected chi connectivity index (χ0v) is 14.8. The van der Waals surface area contributed by atoms with Crippen molar-refractivity contribution in [3.05, 3.63) is 76.2 Å². The van der Waals surface area contributed by atoms with Crippen LogP contribution in [0.5, 0.6) is 0 Å². The first-order chi connectivity index (χ1) is 12.7. The summed E-state index contributed by atoms with van der Waals surface area (Å²) in [4.78, 5) is 15.8. The van der Waals surface area contributed by atoms with E-state index in [1.54, 1.807) is 30.3 Å². The molecule has 0 aliphatic heterocycles. The molecule has 0 N–H and O–H groups in total. The number of carboxylic acid groups (broad SMARTS) is 1. The van der Waals surface area contributed by atoms with Crippen LogP contribution < -0.4 is 5.11 Å². The molecule has 1 aromatic carbocycles. The van der Waals surface area contributed by atoms with Crippen LogP contribution >= 0.6 is 11.6 Å². The quantitative estimate of drug-likeness (QED) is 0.674. The van der Waals surface area contributed by atoms with E-state index in [0.29, 0.717) is 5.56 Å². The number of hydrogen-bond donors (Lipinski definition) is 0. The van der Waals surface area contributed by atoms with Crippen molar-refractivity contribution < 1.29 is 23.1 Å². The van der Waals surface area contributed by atoms with Crippen molar-refractivity contribution in [2.24, 2.45) is 0 Å². The lowest BCUT2D eigenvalue weighted by atomic mass is 10.1. The van der Waals surface area contributed by atoms with Crippen molar-refractivity contribution in [3.63, 3.8) is 0 Å². The number of hydrogen-bond acceptors (Lipinski definition) is 3. The number of pyridine rings is 1. The van der Waals surface area contributed by atoms with E-state index in [-0.39, 0.29) is 28.4 Å². The summed E-state index contributed by atoms with van der Waals surface area (Å²) >= 11 is 5.78. The first-order valence-corrected chi connectivity index (χ1v) is 8.25. The van der Waals surface area contributed by atoms with E-state index in [1.165, 1.54) is 25.3 Å². The Morgan fingerprint density at radius 3 is 2.37 bits per heavy atom. The largest absolute Gasteiger partial charge is 0.543 e. The molecule has 0 unspecified atom stereocenters. The monoisotopic (exact) mass is 393 g/mol. The molecule has 0 spiro atoms. The van der Waals surface area contributed by atoms with Gasteiger partial charge < -0.3 is 14.5 Å². The fraction of sp³-hybridized carbons (Fsp3) is 0.158. The van der Waals surface area contributed by atoms with E-state index in [9.17, 15) is 23.1 Å². The third-order valence-corrected chi connectivity index (χ3v) is 4.36. The van der Waals surface area contributed by atoms with Gasteiger partial charge in [0.1, 0.15) is 5.69 Å². The van der Waals surface area contributed by atoms with Gasteiger partial charge in [-0.3, -0.25) is 4.98 Å². The highest BCUT2D eigenvalue weighted by Crippen LogP contribution is 2.40. The Labute approximate surface area is 157 Å². The number of carboxylic acids is 1. The van der Waals surface area contributed by atoms with E-state index < -0.39 is 23.5 Å². The van der Waals surface area contributed by atoms with Crippen LogP contribution in [0.25, 0.3) is 11.3 Å². The predicted octanol–water partition coefficient (Wildman–Crippen LogP) is 3.94. The average molecular weight is 394 g/mol. The number of rotatable bonds is 4. The zero-order chi connectivity index (χ0) is 19.8. The topological polar surface area (TPSA) is 57.9 Å². The second kappa shape index (κ2) is 7.08. The highest BCUT2D eigenvalue weighted by molar-refractivity contribution is 6.30. The first kappa shape index (κ1) is 19.0. The Balaban J connectivity index is 2.31. The minimum Gasteiger partial charge on any atom is -0.543 e. The van der Waals surface area contributed by atoms with Crippen LogP contribution in [-0.2, 0) is 12.7 Å². The van der Waals surface area contributed by atoms with Gasteiger partial charge in [0.2, 0.25) is 0 Å². The Morgan fingerprint density at radius 1 is 1.19 bits per heavy atom. The summed E-state index contributed by atoms with van der Waals surface area (Å²) in [5.41, 5.74) is -1.37. The zero-order valence-electron chi connectivity index (χ0n) is 14.0. The molecule has 2 heterocycles. The SMILES string of the molecule is Cc1c(-c2ccc(Cl)cn2)c(C(=O)[O-])n(Cc2ccccc2)c1C(F)(F)F. The summed E-state index contributed by atoms with van der Waals surface area (Å²) in [6.07, 6.45) is -3.51. The molecule has 0 fully saturated rings. The molecule has 3 rings (SSSR count). The third kappa shape index (κ3) is 3.68. The summed E-state index contributed by atoms with van der Waals surface area (Å²) in [6.45, 7) is 0.954. The number of aromatic carboxylic acids is 1. The fourth-order valence-corrected chi connectivity index (χ4v) is 3.20. The van der Waals surface area contributed by atoms with Crippen LogP contribution in [0.4, 0.5) is 13.2 Å². The van der Waals surface area contributed by atoms with Gasteiger partial charge >= 0.3 is 6.18 Å². The lowest BCUT2D eigenvalue weighted by molar-refractivity contribution is -0.255. The summed E-state index contributed by atoms with van der Waals surface area (Å²) < 4.78 is 42.0. The summed E-state index contributed by atoms with van der Waals surface area (Å²) in [5.74, 6) is -1.71. The molecule has 3 aromatic rings. The molecule has 140 valence electrons. The lowest BCUT2D eigenvalue weighted by Gasteiger charge is -2.16. The smallest absolute Gasteiger partial charge is 0.431 e. The van der Waals surface area contributed by atoms with Crippen molar-refractivity contribution in [2.45, 2.75) is 19.6 Å². The number of alkyl halides is 3. The minimum absolute atomic E-state index is 0.0772. The van der Waals surface area contributed by atoms with E-state index >= 15 is 0 Å². The van der Waals surface area contributed by atoms with Crippen LogP contribution in [-0.4, -0.2) is 15.5 Å². The van der Waals surface area contributed by atoms with Crippen molar-refractivity contribution in [1.29, 1.82) is 0 Å². The molecule has 4 nitrogen and oxygen atoms in total. The molecule has 0 aliphatic carbocycles. The Morgan fingerprint density at radius 2 is 1.85 bits per heavy atom. The van der Waals surface area contributed by atoms with Crippen molar-refractivity contribution in [3.8, 4) is 11.3 Å². The predicted molar refractivity (Wildman–Crippen MR) is 92.3 cm³/mol. The maximum Gasteiger partial charge on any atom is 0.431 e. The van der Waals surface area contributed by atoms with Gasteiger partial charge in [0.05, 0.1) is 22.4 Å². The molecule has 0 saturated carbocycles.